The van der Waals surface area contributed by atoms with Gasteiger partial charge in [-0.2, -0.15) is 23.4 Å². The van der Waals surface area contributed by atoms with E-state index in [1.807, 2.05) is 6.92 Å². The van der Waals surface area contributed by atoms with Gasteiger partial charge in [-0.25, -0.2) is 13.1 Å². The third-order valence-corrected chi connectivity index (χ3v) is 6.71. The van der Waals surface area contributed by atoms with Crippen molar-refractivity contribution in [1.82, 2.24) is 24.3 Å². The van der Waals surface area contributed by atoms with Gasteiger partial charge in [0, 0.05) is 30.9 Å². The average Bonchev–Trinajstić information content (AvgIpc) is 3.25. The van der Waals surface area contributed by atoms with E-state index in [-0.39, 0.29) is 23.5 Å². The topological polar surface area (TPSA) is 81.8 Å². The molecule has 2 heterocycles. The van der Waals surface area contributed by atoms with Crippen LogP contribution in [0.15, 0.2) is 4.90 Å². The van der Waals surface area contributed by atoms with E-state index < -0.39 is 21.9 Å². The summed E-state index contributed by atoms with van der Waals surface area (Å²) in [6.45, 7) is 6.11. The molecule has 0 aliphatic heterocycles. The lowest BCUT2D eigenvalue weighted by atomic mass is 10.2. The van der Waals surface area contributed by atoms with E-state index in [1.165, 1.54) is 4.68 Å². The molecular formula is C17H24F3N5O2S. The van der Waals surface area contributed by atoms with Crippen molar-refractivity contribution in [2.24, 2.45) is 0 Å². The van der Waals surface area contributed by atoms with Gasteiger partial charge in [0.05, 0.1) is 11.4 Å². The highest BCUT2D eigenvalue weighted by Crippen LogP contribution is 2.36. The van der Waals surface area contributed by atoms with Crippen LogP contribution in [-0.2, 0) is 42.1 Å². The summed E-state index contributed by atoms with van der Waals surface area (Å²) in [7, 11) is -3.74. The molecule has 0 saturated heterocycles. The lowest BCUT2D eigenvalue weighted by Gasteiger charge is -2.09. The van der Waals surface area contributed by atoms with Crippen LogP contribution in [0.2, 0.25) is 0 Å². The first-order valence-corrected chi connectivity index (χ1v) is 10.7. The zero-order valence-electron chi connectivity index (χ0n) is 16.1. The van der Waals surface area contributed by atoms with Crippen molar-refractivity contribution >= 4 is 10.0 Å². The van der Waals surface area contributed by atoms with Crippen LogP contribution >= 0.6 is 0 Å². The molecule has 0 aromatic carbocycles. The molecule has 0 amide bonds. The molecule has 2 aromatic rings. The normalized spacial score (nSPS) is 14.6. The van der Waals surface area contributed by atoms with Crippen LogP contribution in [0, 0.1) is 13.8 Å². The van der Waals surface area contributed by atoms with E-state index in [9.17, 15) is 21.6 Å². The van der Waals surface area contributed by atoms with Gasteiger partial charge in [-0.05, 0) is 46.5 Å². The van der Waals surface area contributed by atoms with Crippen LogP contribution in [-0.4, -0.2) is 34.5 Å². The second kappa shape index (κ2) is 7.51. The number of nitrogens with one attached hydrogen (secondary N) is 1. The Hall–Kier alpha value is -1.88. The standard InChI is InChI=1S/C17H24F3N5O2S/c1-4-24-12(3)15(11(2)22-24)28(26,27)21-9-6-10-25-14-8-5-7-13(14)16(23-25)17(18,19)20/h21H,4-10H2,1-3H3. The lowest BCUT2D eigenvalue weighted by Crippen LogP contribution is -2.27. The molecule has 0 saturated carbocycles. The predicted octanol–water partition coefficient (Wildman–Crippen LogP) is 2.59. The van der Waals surface area contributed by atoms with Gasteiger partial charge in [0.25, 0.3) is 0 Å². The minimum atomic E-state index is -4.46. The fourth-order valence-corrected chi connectivity index (χ4v) is 5.29. The summed E-state index contributed by atoms with van der Waals surface area (Å²) in [5, 5.41) is 7.95. The number of hydrogen-bond donors (Lipinski definition) is 1. The maximum atomic E-state index is 13.1. The Morgan fingerprint density at radius 3 is 2.46 bits per heavy atom. The second-order valence-corrected chi connectivity index (χ2v) is 8.62. The molecule has 7 nitrogen and oxygen atoms in total. The molecule has 1 N–H and O–H groups in total. The van der Waals surface area contributed by atoms with Gasteiger partial charge in [0.1, 0.15) is 4.90 Å². The number of aryl methyl sites for hydroxylation is 3. The quantitative estimate of drug-likeness (QED) is 0.700. The molecule has 2 aromatic heterocycles. The number of nitrogens with zero attached hydrogens (tertiary/aromatic N) is 4. The Morgan fingerprint density at radius 1 is 1.14 bits per heavy atom. The molecular weight excluding hydrogens is 395 g/mol. The fourth-order valence-electron chi connectivity index (χ4n) is 3.81. The van der Waals surface area contributed by atoms with Gasteiger partial charge in [-0.15, -0.1) is 0 Å². The van der Waals surface area contributed by atoms with Gasteiger partial charge in [0.15, 0.2) is 5.69 Å². The first kappa shape index (κ1) is 20.8. The summed E-state index contributed by atoms with van der Waals surface area (Å²) >= 11 is 0. The molecule has 0 spiro atoms. The number of rotatable bonds is 7. The van der Waals surface area contributed by atoms with E-state index in [2.05, 4.69) is 14.9 Å². The minimum absolute atomic E-state index is 0.106. The Balaban J connectivity index is 1.66. The first-order valence-electron chi connectivity index (χ1n) is 9.25. The molecule has 11 heteroatoms. The van der Waals surface area contributed by atoms with E-state index in [1.54, 1.807) is 18.5 Å². The van der Waals surface area contributed by atoms with Gasteiger partial charge in [0.2, 0.25) is 10.0 Å². The second-order valence-electron chi connectivity index (χ2n) is 6.92. The van der Waals surface area contributed by atoms with Gasteiger partial charge >= 0.3 is 6.18 Å². The van der Waals surface area contributed by atoms with Crippen molar-refractivity contribution in [3.63, 3.8) is 0 Å². The average molecular weight is 419 g/mol. The molecule has 0 bridgehead atoms. The fraction of sp³-hybridized carbons (Fsp3) is 0.647. The van der Waals surface area contributed by atoms with Gasteiger partial charge in [-0.3, -0.25) is 9.36 Å². The SMILES string of the molecule is CCn1nc(C)c(S(=O)(=O)NCCCn2nc(C(F)(F)F)c3c2CCC3)c1C. The number of hydrogen-bond acceptors (Lipinski definition) is 4. The van der Waals surface area contributed by atoms with Crippen LogP contribution in [0.4, 0.5) is 13.2 Å². The summed E-state index contributed by atoms with van der Waals surface area (Å²) in [6.07, 6.45) is -2.49. The number of alkyl halides is 3. The largest absolute Gasteiger partial charge is 0.435 e. The van der Waals surface area contributed by atoms with Crippen LogP contribution in [0.25, 0.3) is 0 Å². The highest BCUT2D eigenvalue weighted by molar-refractivity contribution is 7.89. The molecule has 0 radical (unpaired) electrons. The Labute approximate surface area is 162 Å². The maximum absolute atomic E-state index is 13.1. The molecule has 156 valence electrons. The van der Waals surface area contributed by atoms with Gasteiger partial charge < -0.3 is 0 Å². The molecule has 0 unspecified atom stereocenters. The number of sulfonamides is 1. The summed E-state index contributed by atoms with van der Waals surface area (Å²) in [5.41, 5.74) is 1.08. The van der Waals surface area contributed by atoms with Crippen LogP contribution in [0.1, 0.15) is 48.1 Å². The summed E-state index contributed by atoms with van der Waals surface area (Å²) in [5.74, 6) is 0. The highest BCUT2D eigenvalue weighted by atomic mass is 32.2. The maximum Gasteiger partial charge on any atom is 0.435 e. The van der Waals surface area contributed by atoms with Crippen molar-refractivity contribution in [2.45, 2.75) is 70.6 Å². The number of halogens is 3. The zero-order chi connectivity index (χ0) is 20.7. The van der Waals surface area contributed by atoms with Crippen molar-refractivity contribution < 1.29 is 21.6 Å². The smallest absolute Gasteiger partial charge is 0.269 e. The van der Waals surface area contributed by atoms with Crippen molar-refractivity contribution in [1.29, 1.82) is 0 Å². The molecule has 0 fully saturated rings. The zero-order valence-corrected chi connectivity index (χ0v) is 16.9. The van der Waals surface area contributed by atoms with Gasteiger partial charge in [-0.1, -0.05) is 0 Å². The number of aromatic nitrogens is 4. The third-order valence-electron chi connectivity index (χ3n) is 5.00. The third kappa shape index (κ3) is 3.82. The Kier molecular flexibility index (Phi) is 5.59. The molecule has 3 rings (SSSR count). The van der Waals surface area contributed by atoms with Crippen LogP contribution in [0.5, 0.6) is 0 Å². The predicted molar refractivity (Wildman–Crippen MR) is 96.4 cm³/mol. The molecule has 28 heavy (non-hydrogen) atoms. The molecule has 1 aliphatic carbocycles. The Morgan fingerprint density at radius 2 is 1.86 bits per heavy atom. The van der Waals surface area contributed by atoms with E-state index in [0.717, 1.165) is 0 Å². The van der Waals surface area contributed by atoms with E-state index in [4.69, 9.17) is 0 Å². The number of fused-ring (bicyclic) bond motifs is 1. The summed E-state index contributed by atoms with van der Waals surface area (Å²) in [6, 6.07) is 0. The lowest BCUT2D eigenvalue weighted by molar-refractivity contribution is -0.142. The van der Waals surface area contributed by atoms with E-state index in [0.29, 0.717) is 49.3 Å². The van der Waals surface area contributed by atoms with Crippen molar-refractivity contribution in [3.05, 3.63) is 28.3 Å². The van der Waals surface area contributed by atoms with Crippen molar-refractivity contribution in [3.8, 4) is 0 Å². The summed E-state index contributed by atoms with van der Waals surface area (Å²) in [4.78, 5) is 0.161. The monoisotopic (exact) mass is 419 g/mol. The summed E-state index contributed by atoms with van der Waals surface area (Å²) < 4.78 is 70.1. The Bertz CT molecular complexity index is 976. The highest BCUT2D eigenvalue weighted by Gasteiger charge is 2.40. The minimum Gasteiger partial charge on any atom is -0.269 e. The molecule has 0 atom stereocenters. The first-order chi connectivity index (χ1) is 13.1. The molecule has 1 aliphatic rings. The van der Waals surface area contributed by atoms with Crippen LogP contribution in [0.3, 0.4) is 0 Å². The van der Waals surface area contributed by atoms with Crippen molar-refractivity contribution in [2.75, 3.05) is 6.54 Å². The van der Waals surface area contributed by atoms with Crippen LogP contribution < -0.4 is 4.72 Å². The van der Waals surface area contributed by atoms with E-state index >= 15 is 0 Å².